The van der Waals surface area contributed by atoms with E-state index in [4.69, 9.17) is 0 Å². The maximum atomic E-state index is 11.8. The topological polar surface area (TPSA) is 17.8 Å². The van der Waals surface area contributed by atoms with Crippen molar-refractivity contribution in [1.29, 1.82) is 0 Å². The average Bonchev–Trinajstić information content (AvgIpc) is 2.32. The molecule has 0 aliphatic carbocycles. The maximum Gasteiger partial charge on any atom is 0.504 e. The normalized spacial score (nSPS) is 12.0. The number of nitrogens with zero attached hydrogens (tertiary/aromatic N) is 2. The van der Waals surface area contributed by atoms with Crippen molar-refractivity contribution in [2.45, 2.75) is 11.6 Å². The number of aromatic nitrogens is 2. The van der Waals surface area contributed by atoms with Crippen LogP contribution in [0.1, 0.15) is 5.56 Å². The van der Waals surface area contributed by atoms with Crippen molar-refractivity contribution in [3.63, 3.8) is 0 Å². The van der Waals surface area contributed by atoms with E-state index in [1.165, 1.54) is 6.20 Å². The highest BCUT2D eigenvalue weighted by Crippen LogP contribution is 2.21. The SMILES string of the molecule is FC(F)(F)n1cc(CBr)cn1. The van der Waals surface area contributed by atoms with E-state index in [9.17, 15) is 13.2 Å². The molecule has 0 amide bonds. The van der Waals surface area contributed by atoms with Crippen molar-refractivity contribution in [3.05, 3.63) is 18.0 Å². The molecule has 1 aromatic rings. The summed E-state index contributed by atoms with van der Waals surface area (Å²) in [7, 11) is 0. The van der Waals surface area contributed by atoms with Crippen LogP contribution in [0.4, 0.5) is 13.2 Å². The predicted octanol–water partition coefficient (Wildman–Crippen LogP) is 2.25. The zero-order valence-electron chi connectivity index (χ0n) is 5.27. The van der Waals surface area contributed by atoms with Gasteiger partial charge in [-0.2, -0.15) is 9.78 Å². The molecule has 62 valence electrons. The third kappa shape index (κ3) is 1.95. The van der Waals surface area contributed by atoms with Crippen LogP contribution >= 0.6 is 15.9 Å². The van der Waals surface area contributed by atoms with Crippen LogP contribution in [-0.2, 0) is 11.6 Å². The molecule has 0 aliphatic heterocycles. The third-order valence-electron chi connectivity index (χ3n) is 1.05. The number of halogens is 4. The monoisotopic (exact) mass is 228 g/mol. The standard InChI is InChI=1S/C5H4BrF3N2/c6-1-4-2-10-11(3-4)5(7,8)9/h2-3H,1H2. The van der Waals surface area contributed by atoms with Crippen molar-refractivity contribution < 1.29 is 13.2 Å². The van der Waals surface area contributed by atoms with Gasteiger partial charge in [0, 0.05) is 17.1 Å². The van der Waals surface area contributed by atoms with Crippen LogP contribution in [0.2, 0.25) is 0 Å². The van der Waals surface area contributed by atoms with E-state index in [1.54, 1.807) is 0 Å². The molecule has 2 nitrogen and oxygen atoms in total. The van der Waals surface area contributed by atoms with Gasteiger partial charge in [-0.15, -0.1) is 13.2 Å². The highest BCUT2D eigenvalue weighted by atomic mass is 79.9. The Bertz CT molecular complexity index is 242. The van der Waals surface area contributed by atoms with Crippen molar-refractivity contribution >= 4 is 15.9 Å². The van der Waals surface area contributed by atoms with Crippen LogP contribution < -0.4 is 0 Å². The van der Waals surface area contributed by atoms with Crippen LogP contribution in [0.15, 0.2) is 12.4 Å². The van der Waals surface area contributed by atoms with Gasteiger partial charge >= 0.3 is 6.30 Å². The minimum absolute atomic E-state index is 0.0242. The number of rotatable bonds is 1. The Labute approximate surface area is 69.1 Å². The minimum atomic E-state index is -4.40. The second-order valence-electron chi connectivity index (χ2n) is 1.89. The van der Waals surface area contributed by atoms with Gasteiger partial charge in [-0.1, -0.05) is 15.9 Å². The molecular formula is C5H4BrF3N2. The zero-order chi connectivity index (χ0) is 8.48. The summed E-state index contributed by atoms with van der Waals surface area (Å²) >= 11 is 3.02. The average molecular weight is 229 g/mol. The smallest absolute Gasteiger partial charge is 0.179 e. The Morgan fingerprint density at radius 2 is 2.18 bits per heavy atom. The van der Waals surface area contributed by atoms with Crippen LogP contribution in [0.3, 0.4) is 0 Å². The van der Waals surface area contributed by atoms with Gasteiger partial charge in [-0.05, 0) is 0 Å². The van der Waals surface area contributed by atoms with E-state index in [2.05, 4.69) is 21.0 Å². The molecule has 0 saturated carbocycles. The van der Waals surface area contributed by atoms with Gasteiger partial charge in [0.15, 0.2) is 0 Å². The summed E-state index contributed by atoms with van der Waals surface area (Å²) in [4.78, 5) is 0. The molecule has 0 spiro atoms. The van der Waals surface area contributed by atoms with E-state index >= 15 is 0 Å². The molecule has 0 atom stereocenters. The van der Waals surface area contributed by atoms with Gasteiger partial charge < -0.3 is 0 Å². The van der Waals surface area contributed by atoms with E-state index in [0.29, 0.717) is 10.9 Å². The molecule has 0 unspecified atom stereocenters. The van der Waals surface area contributed by atoms with Crippen LogP contribution in [0, 0.1) is 0 Å². The Kier molecular flexibility index (Phi) is 2.22. The van der Waals surface area contributed by atoms with Crippen molar-refractivity contribution in [2.75, 3.05) is 0 Å². The van der Waals surface area contributed by atoms with Gasteiger partial charge in [-0.3, -0.25) is 0 Å². The molecule has 11 heavy (non-hydrogen) atoms. The molecular weight excluding hydrogens is 225 g/mol. The largest absolute Gasteiger partial charge is 0.504 e. The number of hydrogen-bond donors (Lipinski definition) is 0. The summed E-state index contributed by atoms with van der Waals surface area (Å²) in [5, 5.41) is 3.50. The van der Waals surface area contributed by atoms with Gasteiger partial charge in [-0.25, -0.2) is 0 Å². The first kappa shape index (κ1) is 8.58. The molecule has 0 aliphatic rings. The molecule has 0 saturated heterocycles. The fourth-order valence-electron chi connectivity index (χ4n) is 0.568. The summed E-state index contributed by atoms with van der Waals surface area (Å²) in [5.41, 5.74) is 0.502. The summed E-state index contributed by atoms with van der Waals surface area (Å²) in [6.45, 7) is 0. The molecule has 1 heterocycles. The van der Waals surface area contributed by atoms with Crippen molar-refractivity contribution in [2.24, 2.45) is 0 Å². The molecule has 0 aromatic carbocycles. The van der Waals surface area contributed by atoms with Gasteiger partial charge in [0.25, 0.3) is 0 Å². The Morgan fingerprint density at radius 3 is 2.45 bits per heavy atom. The maximum absolute atomic E-state index is 11.8. The van der Waals surface area contributed by atoms with Crippen LogP contribution in [0.5, 0.6) is 0 Å². The van der Waals surface area contributed by atoms with Gasteiger partial charge in [0.2, 0.25) is 0 Å². The first-order chi connectivity index (χ1) is 5.04. The van der Waals surface area contributed by atoms with E-state index in [1.807, 2.05) is 0 Å². The summed E-state index contributed by atoms with van der Waals surface area (Å²) < 4.78 is 35.4. The first-order valence-corrected chi connectivity index (χ1v) is 3.83. The highest BCUT2D eigenvalue weighted by molar-refractivity contribution is 9.08. The lowest BCUT2D eigenvalue weighted by Gasteiger charge is -2.03. The Morgan fingerprint density at radius 1 is 1.55 bits per heavy atom. The lowest BCUT2D eigenvalue weighted by molar-refractivity contribution is -0.212. The molecule has 0 fully saturated rings. The first-order valence-electron chi connectivity index (χ1n) is 2.71. The van der Waals surface area contributed by atoms with Crippen LogP contribution in [-0.4, -0.2) is 9.78 Å². The molecule has 0 N–H and O–H groups in total. The highest BCUT2D eigenvalue weighted by Gasteiger charge is 2.31. The quantitative estimate of drug-likeness (QED) is 0.675. The molecule has 0 radical (unpaired) electrons. The summed E-state index contributed by atoms with van der Waals surface area (Å²) in [6, 6.07) is 0. The van der Waals surface area contributed by atoms with E-state index in [0.717, 1.165) is 6.20 Å². The van der Waals surface area contributed by atoms with E-state index in [-0.39, 0.29) is 4.68 Å². The zero-order valence-corrected chi connectivity index (χ0v) is 6.85. The fraction of sp³-hybridized carbons (Fsp3) is 0.400. The van der Waals surface area contributed by atoms with Crippen LogP contribution in [0.25, 0.3) is 0 Å². The second-order valence-corrected chi connectivity index (χ2v) is 2.46. The summed E-state index contributed by atoms with van der Waals surface area (Å²) in [6.07, 6.45) is -2.29. The molecule has 6 heteroatoms. The summed E-state index contributed by atoms with van der Waals surface area (Å²) in [5.74, 6) is 0. The molecule has 1 rings (SSSR count). The Balaban J connectivity index is 2.89. The van der Waals surface area contributed by atoms with Gasteiger partial charge in [0.1, 0.15) is 0 Å². The fourth-order valence-corrected chi connectivity index (χ4v) is 0.857. The van der Waals surface area contributed by atoms with Crippen molar-refractivity contribution in [1.82, 2.24) is 9.78 Å². The van der Waals surface area contributed by atoms with Gasteiger partial charge in [0.05, 0.1) is 6.20 Å². The third-order valence-corrected chi connectivity index (χ3v) is 1.70. The Hall–Kier alpha value is -0.520. The minimum Gasteiger partial charge on any atom is -0.179 e. The lowest BCUT2D eigenvalue weighted by Crippen LogP contribution is -2.16. The number of alkyl halides is 4. The predicted molar refractivity (Wildman–Crippen MR) is 36.2 cm³/mol. The van der Waals surface area contributed by atoms with E-state index < -0.39 is 6.30 Å². The lowest BCUT2D eigenvalue weighted by atomic mass is 10.4. The molecule has 0 bridgehead atoms. The van der Waals surface area contributed by atoms with Crippen molar-refractivity contribution in [3.8, 4) is 0 Å². The second kappa shape index (κ2) is 2.84. The number of hydrogen-bond acceptors (Lipinski definition) is 1. The molecule has 1 aromatic heterocycles.